The van der Waals surface area contributed by atoms with Crippen LogP contribution >= 0.6 is 0 Å². The fraction of sp³-hybridized carbons (Fsp3) is 0.312. The van der Waals surface area contributed by atoms with E-state index in [1.807, 2.05) is 24.3 Å². The Morgan fingerprint density at radius 2 is 2.04 bits per heavy atom. The predicted molar refractivity (Wildman–Crippen MR) is 87.0 cm³/mol. The van der Waals surface area contributed by atoms with Gasteiger partial charge < -0.3 is 9.30 Å². The number of fused-ring (bicyclic) bond motifs is 1. The van der Waals surface area contributed by atoms with Crippen molar-refractivity contribution < 1.29 is 4.74 Å². The molecule has 0 saturated carbocycles. The molecule has 7 heteroatoms. The van der Waals surface area contributed by atoms with Crippen LogP contribution in [-0.4, -0.2) is 25.8 Å². The maximum atomic E-state index is 12.4. The molecule has 0 radical (unpaired) electrons. The third kappa shape index (κ3) is 2.44. The van der Waals surface area contributed by atoms with E-state index in [0.29, 0.717) is 24.3 Å². The highest BCUT2D eigenvalue weighted by Gasteiger charge is 2.15. The van der Waals surface area contributed by atoms with Gasteiger partial charge in [-0.05, 0) is 24.6 Å². The molecule has 0 bridgehead atoms. The third-order valence-electron chi connectivity index (χ3n) is 3.90. The van der Waals surface area contributed by atoms with Crippen molar-refractivity contribution in [3.63, 3.8) is 0 Å². The Labute approximate surface area is 132 Å². The SMILES string of the molecule is CCn1c(=O)c2ncn(Cc3cccc(OC)c3)c2n(C)c1=O. The Hall–Kier alpha value is -2.83. The molecule has 1 aromatic carbocycles. The number of imidazole rings is 1. The van der Waals surface area contributed by atoms with Gasteiger partial charge in [0.2, 0.25) is 0 Å². The predicted octanol–water partition coefficient (Wildman–Crippen LogP) is 0.973. The van der Waals surface area contributed by atoms with Gasteiger partial charge in [-0.25, -0.2) is 9.78 Å². The molecule has 0 aliphatic rings. The first-order valence-corrected chi connectivity index (χ1v) is 7.34. The molecule has 0 aliphatic heterocycles. The highest BCUT2D eigenvalue weighted by Crippen LogP contribution is 2.15. The van der Waals surface area contributed by atoms with Crippen LogP contribution in [0.15, 0.2) is 40.2 Å². The zero-order valence-corrected chi connectivity index (χ0v) is 13.3. The molecule has 0 spiro atoms. The Morgan fingerprint density at radius 3 is 2.74 bits per heavy atom. The number of hydrogen-bond donors (Lipinski definition) is 0. The summed E-state index contributed by atoms with van der Waals surface area (Å²) in [5, 5.41) is 0. The second kappa shape index (κ2) is 5.75. The molecule has 7 nitrogen and oxygen atoms in total. The molecule has 3 rings (SSSR count). The van der Waals surface area contributed by atoms with E-state index in [4.69, 9.17) is 4.74 Å². The summed E-state index contributed by atoms with van der Waals surface area (Å²) in [5.74, 6) is 0.758. The quantitative estimate of drug-likeness (QED) is 0.719. The summed E-state index contributed by atoms with van der Waals surface area (Å²) in [6.07, 6.45) is 1.59. The van der Waals surface area contributed by atoms with Crippen LogP contribution in [0.2, 0.25) is 0 Å². The first-order chi connectivity index (χ1) is 11.1. The van der Waals surface area contributed by atoms with E-state index in [0.717, 1.165) is 11.3 Å². The van der Waals surface area contributed by atoms with Gasteiger partial charge in [-0.2, -0.15) is 0 Å². The minimum atomic E-state index is -0.352. The zero-order chi connectivity index (χ0) is 16.6. The topological polar surface area (TPSA) is 71.0 Å². The van der Waals surface area contributed by atoms with E-state index >= 15 is 0 Å². The second-order valence-corrected chi connectivity index (χ2v) is 5.29. The number of methoxy groups -OCH3 is 1. The van der Waals surface area contributed by atoms with E-state index in [-0.39, 0.29) is 11.2 Å². The van der Waals surface area contributed by atoms with Crippen LogP contribution in [0.1, 0.15) is 12.5 Å². The van der Waals surface area contributed by atoms with Gasteiger partial charge in [0.15, 0.2) is 5.52 Å². The van der Waals surface area contributed by atoms with Gasteiger partial charge in [-0.3, -0.25) is 13.9 Å². The fourth-order valence-electron chi connectivity index (χ4n) is 2.73. The number of rotatable bonds is 4. The van der Waals surface area contributed by atoms with E-state index in [2.05, 4.69) is 4.98 Å². The minimum absolute atomic E-state index is 0.303. The molecule has 120 valence electrons. The smallest absolute Gasteiger partial charge is 0.332 e. The molecule has 2 aromatic heterocycles. The first-order valence-electron chi connectivity index (χ1n) is 7.34. The Bertz CT molecular complexity index is 981. The number of ether oxygens (including phenoxy) is 1. The van der Waals surface area contributed by atoms with Crippen molar-refractivity contribution in [2.75, 3.05) is 7.11 Å². The molecule has 23 heavy (non-hydrogen) atoms. The summed E-state index contributed by atoms with van der Waals surface area (Å²) in [6.45, 7) is 2.59. The van der Waals surface area contributed by atoms with Crippen LogP contribution in [0.5, 0.6) is 5.75 Å². The van der Waals surface area contributed by atoms with E-state index in [1.165, 1.54) is 9.13 Å². The lowest BCUT2D eigenvalue weighted by Gasteiger charge is -2.10. The molecular formula is C16H18N4O3. The normalized spacial score (nSPS) is 11.1. The monoisotopic (exact) mass is 314 g/mol. The maximum absolute atomic E-state index is 12.4. The lowest BCUT2D eigenvalue weighted by molar-refractivity contribution is 0.414. The first kappa shape index (κ1) is 15.1. The van der Waals surface area contributed by atoms with Gasteiger partial charge in [0.25, 0.3) is 5.56 Å². The Morgan fingerprint density at radius 1 is 1.26 bits per heavy atom. The zero-order valence-electron chi connectivity index (χ0n) is 13.3. The van der Waals surface area contributed by atoms with Gasteiger partial charge in [-0.15, -0.1) is 0 Å². The van der Waals surface area contributed by atoms with Crippen molar-refractivity contribution >= 4 is 11.2 Å². The van der Waals surface area contributed by atoms with Crippen LogP contribution in [0.4, 0.5) is 0 Å². The van der Waals surface area contributed by atoms with Gasteiger partial charge in [0.1, 0.15) is 11.4 Å². The molecule has 0 fully saturated rings. The van der Waals surface area contributed by atoms with Crippen molar-refractivity contribution in [2.45, 2.75) is 20.0 Å². The van der Waals surface area contributed by atoms with Gasteiger partial charge in [0.05, 0.1) is 20.0 Å². The molecule has 2 heterocycles. The Kier molecular flexibility index (Phi) is 3.77. The molecule has 0 saturated heterocycles. The van der Waals surface area contributed by atoms with Crippen molar-refractivity contribution in [2.24, 2.45) is 7.05 Å². The van der Waals surface area contributed by atoms with E-state index < -0.39 is 0 Å². The molecule has 0 atom stereocenters. The fourth-order valence-corrected chi connectivity index (χ4v) is 2.73. The molecular weight excluding hydrogens is 296 g/mol. The number of hydrogen-bond acceptors (Lipinski definition) is 4. The highest BCUT2D eigenvalue weighted by atomic mass is 16.5. The Balaban J connectivity index is 2.16. The van der Waals surface area contributed by atoms with Gasteiger partial charge >= 0.3 is 5.69 Å². The minimum Gasteiger partial charge on any atom is -0.497 e. The van der Waals surface area contributed by atoms with Gasteiger partial charge in [0, 0.05) is 13.6 Å². The van der Waals surface area contributed by atoms with Gasteiger partial charge in [-0.1, -0.05) is 12.1 Å². The molecule has 0 aliphatic carbocycles. The summed E-state index contributed by atoms with van der Waals surface area (Å²) >= 11 is 0. The van der Waals surface area contributed by atoms with Crippen LogP contribution < -0.4 is 16.0 Å². The summed E-state index contributed by atoms with van der Waals surface area (Å²) in [4.78, 5) is 28.9. The summed E-state index contributed by atoms with van der Waals surface area (Å²) < 4.78 is 9.67. The number of aromatic nitrogens is 4. The standard InChI is InChI=1S/C16H18N4O3/c1-4-20-15(21)13-14(18(2)16(20)22)19(10-17-13)9-11-6-5-7-12(8-11)23-3/h5-8,10H,4,9H2,1-3H3. The van der Waals surface area contributed by atoms with E-state index in [9.17, 15) is 9.59 Å². The molecule has 0 N–H and O–H groups in total. The van der Waals surface area contributed by atoms with Crippen molar-refractivity contribution in [3.8, 4) is 5.75 Å². The average Bonchev–Trinajstić information content (AvgIpc) is 2.97. The number of aryl methyl sites for hydroxylation is 1. The summed E-state index contributed by atoms with van der Waals surface area (Å²) in [5.41, 5.74) is 1.13. The van der Waals surface area contributed by atoms with Crippen LogP contribution in [0.3, 0.4) is 0 Å². The molecule has 3 aromatic rings. The molecule has 0 amide bonds. The van der Waals surface area contributed by atoms with Crippen LogP contribution in [0, 0.1) is 0 Å². The maximum Gasteiger partial charge on any atom is 0.332 e. The van der Waals surface area contributed by atoms with Crippen LogP contribution in [0.25, 0.3) is 11.2 Å². The second-order valence-electron chi connectivity index (χ2n) is 5.29. The highest BCUT2D eigenvalue weighted by molar-refractivity contribution is 5.70. The van der Waals surface area contributed by atoms with Crippen molar-refractivity contribution in [3.05, 3.63) is 57.0 Å². The number of nitrogens with zero attached hydrogens (tertiary/aromatic N) is 4. The average molecular weight is 314 g/mol. The van der Waals surface area contributed by atoms with E-state index in [1.54, 1.807) is 32.0 Å². The van der Waals surface area contributed by atoms with Crippen molar-refractivity contribution in [1.29, 1.82) is 0 Å². The summed E-state index contributed by atoms with van der Waals surface area (Å²) in [7, 11) is 3.27. The van der Waals surface area contributed by atoms with Crippen molar-refractivity contribution in [1.82, 2.24) is 18.7 Å². The van der Waals surface area contributed by atoms with Crippen LogP contribution in [-0.2, 0) is 20.1 Å². The lowest BCUT2D eigenvalue weighted by atomic mass is 10.2. The number of benzene rings is 1. The molecule has 0 unspecified atom stereocenters. The third-order valence-corrected chi connectivity index (χ3v) is 3.90. The largest absolute Gasteiger partial charge is 0.497 e. The lowest BCUT2D eigenvalue weighted by Crippen LogP contribution is -2.39. The summed E-state index contributed by atoms with van der Waals surface area (Å²) in [6, 6.07) is 7.64.